The summed E-state index contributed by atoms with van der Waals surface area (Å²) in [4.78, 5) is 3.97. The van der Waals surface area contributed by atoms with Crippen molar-refractivity contribution in [2.75, 3.05) is 5.43 Å². The molecule has 6 nitrogen and oxygen atoms in total. The molecule has 23 heavy (non-hydrogen) atoms. The average molecular weight is 304 g/mol. The summed E-state index contributed by atoms with van der Waals surface area (Å²) < 4.78 is 1.78. The Morgan fingerprint density at radius 3 is 2.65 bits per heavy atom. The quantitative estimate of drug-likeness (QED) is 0.432. The van der Waals surface area contributed by atoms with Gasteiger partial charge in [-0.1, -0.05) is 30.3 Å². The Labute approximate surface area is 134 Å². The standard InChI is InChI=1S/C17H16N6/c1-2-3-14-4-6-15(7-5-14)12-19-20-16-8-9-17(22-21-16)23-11-10-18-13-23/h2,4-13H,1,3H2,(H,20,21). The van der Waals surface area contributed by atoms with E-state index in [0.29, 0.717) is 11.6 Å². The number of nitrogens with one attached hydrogen (secondary N) is 1. The van der Waals surface area contributed by atoms with Crippen LogP contribution in [0.15, 0.2) is 72.9 Å². The van der Waals surface area contributed by atoms with Gasteiger partial charge in [0.15, 0.2) is 11.6 Å². The van der Waals surface area contributed by atoms with E-state index in [1.165, 1.54) is 5.56 Å². The Morgan fingerprint density at radius 1 is 1.13 bits per heavy atom. The van der Waals surface area contributed by atoms with Gasteiger partial charge in [0.1, 0.15) is 6.33 Å². The van der Waals surface area contributed by atoms with Crippen molar-refractivity contribution in [3.63, 3.8) is 0 Å². The molecule has 1 N–H and O–H groups in total. The van der Waals surface area contributed by atoms with Crippen molar-refractivity contribution in [1.29, 1.82) is 0 Å². The number of imidazole rings is 1. The zero-order chi connectivity index (χ0) is 15.9. The van der Waals surface area contributed by atoms with Gasteiger partial charge in [-0.05, 0) is 29.7 Å². The minimum absolute atomic E-state index is 0.577. The van der Waals surface area contributed by atoms with Crippen LogP contribution in [0.5, 0.6) is 0 Å². The maximum atomic E-state index is 4.16. The average Bonchev–Trinajstić information content (AvgIpc) is 3.12. The molecule has 0 unspecified atom stereocenters. The van der Waals surface area contributed by atoms with Crippen molar-refractivity contribution in [2.45, 2.75) is 6.42 Å². The molecule has 0 bridgehead atoms. The smallest absolute Gasteiger partial charge is 0.168 e. The molecule has 6 heteroatoms. The second kappa shape index (κ2) is 7.13. The van der Waals surface area contributed by atoms with Crippen molar-refractivity contribution in [2.24, 2.45) is 5.10 Å². The number of anilines is 1. The van der Waals surface area contributed by atoms with Gasteiger partial charge in [-0.2, -0.15) is 5.10 Å². The second-order valence-electron chi connectivity index (χ2n) is 4.85. The predicted molar refractivity (Wildman–Crippen MR) is 90.7 cm³/mol. The lowest BCUT2D eigenvalue weighted by atomic mass is 10.1. The van der Waals surface area contributed by atoms with Gasteiger partial charge in [0.25, 0.3) is 0 Å². The van der Waals surface area contributed by atoms with Gasteiger partial charge >= 0.3 is 0 Å². The summed E-state index contributed by atoms with van der Waals surface area (Å²) in [5.41, 5.74) is 5.10. The van der Waals surface area contributed by atoms with Crippen LogP contribution < -0.4 is 5.43 Å². The van der Waals surface area contributed by atoms with Crippen LogP contribution in [0.25, 0.3) is 5.82 Å². The normalized spacial score (nSPS) is 10.8. The molecule has 1 aromatic carbocycles. The summed E-state index contributed by atoms with van der Waals surface area (Å²) in [6, 6.07) is 11.8. The van der Waals surface area contributed by atoms with Crippen LogP contribution in [0.4, 0.5) is 5.82 Å². The fraction of sp³-hybridized carbons (Fsp3) is 0.0588. The third-order valence-electron chi connectivity index (χ3n) is 3.17. The Balaban J connectivity index is 1.60. The molecule has 2 heterocycles. The van der Waals surface area contributed by atoms with E-state index in [9.17, 15) is 0 Å². The third kappa shape index (κ3) is 3.88. The molecule has 2 aromatic heterocycles. The molecule has 114 valence electrons. The minimum atomic E-state index is 0.577. The third-order valence-corrected chi connectivity index (χ3v) is 3.17. The predicted octanol–water partition coefficient (Wildman–Crippen LogP) is 2.84. The first-order valence-corrected chi connectivity index (χ1v) is 7.16. The zero-order valence-electron chi connectivity index (χ0n) is 12.5. The fourth-order valence-electron chi connectivity index (χ4n) is 2.00. The van der Waals surface area contributed by atoms with Crippen LogP contribution in [0, 0.1) is 0 Å². The Morgan fingerprint density at radius 2 is 2.00 bits per heavy atom. The highest BCUT2D eigenvalue weighted by molar-refractivity contribution is 5.80. The molecule has 0 radical (unpaired) electrons. The number of hydrogen-bond acceptors (Lipinski definition) is 5. The Kier molecular flexibility index (Phi) is 4.54. The molecule has 0 aliphatic carbocycles. The molecular weight excluding hydrogens is 288 g/mol. The van der Waals surface area contributed by atoms with Gasteiger partial charge in [0, 0.05) is 12.4 Å². The summed E-state index contributed by atoms with van der Waals surface area (Å²) in [6.07, 6.45) is 9.67. The van der Waals surface area contributed by atoms with Crippen LogP contribution in [0.2, 0.25) is 0 Å². The first-order chi connectivity index (χ1) is 11.3. The SMILES string of the molecule is C=CCc1ccc(C=NNc2ccc(-n3ccnc3)nn2)cc1. The van der Waals surface area contributed by atoms with Gasteiger partial charge in [-0.15, -0.1) is 16.8 Å². The summed E-state index contributed by atoms with van der Waals surface area (Å²) in [5.74, 6) is 1.28. The van der Waals surface area contributed by atoms with Crippen LogP contribution >= 0.6 is 0 Å². The van der Waals surface area contributed by atoms with Crippen molar-refractivity contribution < 1.29 is 0 Å². The Hall–Kier alpha value is -3.28. The van der Waals surface area contributed by atoms with E-state index in [-0.39, 0.29) is 0 Å². The maximum absolute atomic E-state index is 4.16. The molecule has 3 rings (SSSR count). The highest BCUT2D eigenvalue weighted by atomic mass is 15.3. The second-order valence-corrected chi connectivity index (χ2v) is 4.85. The molecule has 0 saturated carbocycles. The molecule has 0 fully saturated rings. The highest BCUT2D eigenvalue weighted by Crippen LogP contribution is 2.07. The highest BCUT2D eigenvalue weighted by Gasteiger charge is 1.98. The number of allylic oxidation sites excluding steroid dienone is 1. The lowest BCUT2D eigenvalue weighted by molar-refractivity contribution is 0.911. The van der Waals surface area contributed by atoms with E-state index in [1.54, 1.807) is 23.3 Å². The summed E-state index contributed by atoms with van der Waals surface area (Å²) in [7, 11) is 0. The maximum Gasteiger partial charge on any atom is 0.168 e. The van der Waals surface area contributed by atoms with Crippen LogP contribution in [0.1, 0.15) is 11.1 Å². The molecule has 3 aromatic rings. The van der Waals surface area contributed by atoms with Crippen molar-refractivity contribution in [3.05, 3.63) is 78.9 Å². The number of nitrogens with zero attached hydrogens (tertiary/aromatic N) is 5. The van der Waals surface area contributed by atoms with Crippen LogP contribution in [-0.2, 0) is 6.42 Å². The first-order valence-electron chi connectivity index (χ1n) is 7.16. The molecule has 0 saturated heterocycles. The molecule has 0 amide bonds. The topological polar surface area (TPSA) is 68.0 Å². The van der Waals surface area contributed by atoms with E-state index in [4.69, 9.17) is 0 Å². The number of hydrazone groups is 1. The van der Waals surface area contributed by atoms with E-state index in [0.717, 1.165) is 12.0 Å². The lowest BCUT2D eigenvalue weighted by Gasteiger charge is -2.02. The summed E-state index contributed by atoms with van der Waals surface area (Å²) >= 11 is 0. The van der Waals surface area contributed by atoms with Gasteiger partial charge in [-0.3, -0.25) is 9.99 Å². The lowest BCUT2D eigenvalue weighted by Crippen LogP contribution is -2.00. The molecule has 0 aliphatic rings. The molecule has 0 aliphatic heterocycles. The van der Waals surface area contributed by atoms with Crippen molar-refractivity contribution in [1.82, 2.24) is 19.7 Å². The fourth-order valence-corrected chi connectivity index (χ4v) is 2.00. The van der Waals surface area contributed by atoms with Gasteiger partial charge in [0.05, 0.1) is 6.21 Å². The minimum Gasteiger partial charge on any atom is -0.289 e. The number of rotatable bonds is 6. The van der Waals surface area contributed by atoms with Gasteiger partial charge < -0.3 is 0 Å². The first kappa shape index (κ1) is 14.6. The number of aromatic nitrogens is 4. The number of hydrogen-bond donors (Lipinski definition) is 1. The van der Waals surface area contributed by atoms with Crippen LogP contribution in [-0.4, -0.2) is 26.0 Å². The van der Waals surface area contributed by atoms with Gasteiger partial charge in [0.2, 0.25) is 0 Å². The van der Waals surface area contributed by atoms with E-state index in [1.807, 2.05) is 36.5 Å². The van der Waals surface area contributed by atoms with Gasteiger partial charge in [-0.25, -0.2) is 4.98 Å². The molecule has 0 spiro atoms. The molecular formula is C17H16N6. The largest absolute Gasteiger partial charge is 0.289 e. The van der Waals surface area contributed by atoms with Crippen molar-refractivity contribution in [3.8, 4) is 5.82 Å². The summed E-state index contributed by atoms with van der Waals surface area (Å²) in [6.45, 7) is 3.73. The zero-order valence-corrected chi connectivity index (χ0v) is 12.5. The Bertz CT molecular complexity index is 773. The summed E-state index contributed by atoms with van der Waals surface area (Å²) in [5, 5.41) is 12.3. The van der Waals surface area contributed by atoms with Crippen LogP contribution in [0.3, 0.4) is 0 Å². The number of benzene rings is 1. The molecule has 0 atom stereocenters. The van der Waals surface area contributed by atoms with E-state index in [2.05, 4.69) is 44.4 Å². The van der Waals surface area contributed by atoms with E-state index >= 15 is 0 Å². The van der Waals surface area contributed by atoms with E-state index < -0.39 is 0 Å². The monoisotopic (exact) mass is 304 g/mol. The van der Waals surface area contributed by atoms with Crippen molar-refractivity contribution >= 4 is 12.0 Å².